The Labute approximate surface area is 157 Å². The zero-order valence-electron chi connectivity index (χ0n) is 15.1. The highest BCUT2D eigenvalue weighted by molar-refractivity contribution is 5.84. The van der Waals surface area contributed by atoms with Crippen molar-refractivity contribution in [3.63, 3.8) is 0 Å². The van der Waals surface area contributed by atoms with E-state index >= 15 is 0 Å². The third-order valence-corrected chi connectivity index (χ3v) is 5.80. The molecule has 1 N–H and O–H groups in total. The summed E-state index contributed by atoms with van der Waals surface area (Å²) in [4.78, 5) is 29.4. The summed E-state index contributed by atoms with van der Waals surface area (Å²) in [7, 11) is 0. The first kappa shape index (κ1) is 17.5. The SMILES string of the molecule is O=C(O)N1CCC2(CCCN(Cc3ccccc3-n3nccn3)C2=O)CC1. The monoisotopic (exact) mass is 369 g/mol. The average Bonchev–Trinajstić information content (AvgIpc) is 3.21. The summed E-state index contributed by atoms with van der Waals surface area (Å²) in [5.41, 5.74) is 1.46. The zero-order chi connectivity index (χ0) is 18.9. The number of hydrogen-bond acceptors (Lipinski definition) is 4. The van der Waals surface area contributed by atoms with E-state index in [0.717, 1.165) is 30.6 Å². The molecule has 8 nitrogen and oxygen atoms in total. The van der Waals surface area contributed by atoms with Crippen LogP contribution in [0.3, 0.4) is 0 Å². The second-order valence-electron chi connectivity index (χ2n) is 7.33. The molecular weight excluding hydrogens is 346 g/mol. The van der Waals surface area contributed by atoms with E-state index in [2.05, 4.69) is 10.2 Å². The van der Waals surface area contributed by atoms with Gasteiger partial charge in [0, 0.05) is 26.2 Å². The second-order valence-corrected chi connectivity index (χ2v) is 7.33. The Kier molecular flexibility index (Phi) is 4.55. The molecule has 0 unspecified atom stereocenters. The van der Waals surface area contributed by atoms with Crippen molar-refractivity contribution in [2.24, 2.45) is 5.41 Å². The van der Waals surface area contributed by atoms with Gasteiger partial charge in [-0.2, -0.15) is 15.0 Å². The van der Waals surface area contributed by atoms with Crippen LogP contribution >= 0.6 is 0 Å². The van der Waals surface area contributed by atoms with Crippen LogP contribution in [0.25, 0.3) is 5.69 Å². The number of carbonyl (C=O) groups excluding carboxylic acids is 1. The van der Waals surface area contributed by atoms with E-state index in [1.807, 2.05) is 29.2 Å². The zero-order valence-corrected chi connectivity index (χ0v) is 15.1. The Morgan fingerprint density at radius 1 is 1.07 bits per heavy atom. The molecule has 0 aliphatic carbocycles. The summed E-state index contributed by atoms with van der Waals surface area (Å²) in [6.07, 6.45) is 5.38. The van der Waals surface area contributed by atoms with E-state index in [1.165, 1.54) is 4.90 Å². The lowest BCUT2D eigenvalue weighted by Gasteiger charge is -2.46. The van der Waals surface area contributed by atoms with Crippen molar-refractivity contribution in [1.82, 2.24) is 24.8 Å². The van der Waals surface area contributed by atoms with Gasteiger partial charge in [0.25, 0.3) is 0 Å². The molecule has 142 valence electrons. The maximum Gasteiger partial charge on any atom is 0.407 e. The summed E-state index contributed by atoms with van der Waals surface area (Å²) < 4.78 is 0. The van der Waals surface area contributed by atoms with Crippen molar-refractivity contribution >= 4 is 12.0 Å². The molecule has 2 fully saturated rings. The molecule has 2 aromatic rings. The normalized spacial score (nSPS) is 19.5. The molecule has 2 saturated heterocycles. The highest BCUT2D eigenvalue weighted by atomic mass is 16.4. The molecule has 1 spiro atoms. The standard InChI is InChI=1S/C19H23N5O3/c25-17-19(7-12-22(13-8-19)18(26)27)6-3-11-23(17)14-15-4-1-2-5-16(15)24-20-9-10-21-24/h1-2,4-5,9-10H,3,6-8,11-14H2,(H,26,27). The number of para-hydroxylation sites is 1. The number of aromatic nitrogens is 3. The van der Waals surface area contributed by atoms with E-state index in [9.17, 15) is 14.7 Å². The van der Waals surface area contributed by atoms with Crippen molar-refractivity contribution in [3.05, 3.63) is 42.2 Å². The number of carboxylic acid groups (broad SMARTS) is 1. The Bertz CT molecular complexity index is 828. The minimum atomic E-state index is -0.898. The van der Waals surface area contributed by atoms with Crippen molar-refractivity contribution in [2.45, 2.75) is 32.2 Å². The van der Waals surface area contributed by atoms with Gasteiger partial charge in [0.1, 0.15) is 0 Å². The number of carbonyl (C=O) groups is 2. The highest BCUT2D eigenvalue weighted by Gasteiger charge is 2.46. The van der Waals surface area contributed by atoms with Gasteiger partial charge in [-0.25, -0.2) is 4.79 Å². The van der Waals surface area contributed by atoms with Gasteiger partial charge in [0.2, 0.25) is 5.91 Å². The van der Waals surface area contributed by atoms with Crippen molar-refractivity contribution in [2.75, 3.05) is 19.6 Å². The Morgan fingerprint density at radius 3 is 2.48 bits per heavy atom. The smallest absolute Gasteiger partial charge is 0.407 e. The fraction of sp³-hybridized carbons (Fsp3) is 0.474. The third-order valence-electron chi connectivity index (χ3n) is 5.80. The summed E-state index contributed by atoms with van der Waals surface area (Å²) in [5, 5.41) is 17.6. The highest BCUT2D eigenvalue weighted by Crippen LogP contribution is 2.41. The summed E-state index contributed by atoms with van der Waals surface area (Å²) in [5.74, 6) is 0.155. The number of rotatable bonds is 3. The quantitative estimate of drug-likeness (QED) is 0.895. The first-order valence-electron chi connectivity index (χ1n) is 9.31. The molecular formula is C19H23N5O3. The maximum absolute atomic E-state index is 13.3. The van der Waals surface area contributed by atoms with E-state index in [0.29, 0.717) is 32.5 Å². The van der Waals surface area contributed by atoms with Crippen LogP contribution in [0.1, 0.15) is 31.2 Å². The third kappa shape index (κ3) is 3.27. The lowest BCUT2D eigenvalue weighted by atomic mass is 9.71. The van der Waals surface area contributed by atoms with Crippen molar-refractivity contribution in [1.29, 1.82) is 0 Å². The van der Waals surface area contributed by atoms with Crippen LogP contribution in [0.2, 0.25) is 0 Å². The molecule has 0 bridgehead atoms. The summed E-state index contributed by atoms with van der Waals surface area (Å²) in [6, 6.07) is 7.84. The Hall–Kier alpha value is -2.90. The molecule has 2 aliphatic rings. The van der Waals surface area contributed by atoms with Crippen molar-refractivity contribution in [3.8, 4) is 5.69 Å². The van der Waals surface area contributed by atoms with Gasteiger partial charge in [-0.05, 0) is 37.3 Å². The number of likely N-dealkylation sites (tertiary alicyclic amines) is 2. The average molecular weight is 369 g/mol. The second kappa shape index (κ2) is 7.02. The lowest BCUT2D eigenvalue weighted by molar-refractivity contribution is -0.150. The van der Waals surface area contributed by atoms with Gasteiger partial charge < -0.3 is 14.9 Å². The van der Waals surface area contributed by atoms with Gasteiger partial charge in [0.05, 0.1) is 23.5 Å². The topological polar surface area (TPSA) is 91.6 Å². The number of nitrogens with zero attached hydrogens (tertiary/aromatic N) is 5. The van der Waals surface area contributed by atoms with Gasteiger partial charge in [-0.1, -0.05) is 18.2 Å². The van der Waals surface area contributed by atoms with Crippen LogP contribution in [-0.4, -0.2) is 61.5 Å². The van der Waals surface area contributed by atoms with Gasteiger partial charge in [-0.15, -0.1) is 0 Å². The molecule has 2 aliphatic heterocycles. The minimum Gasteiger partial charge on any atom is -0.465 e. The first-order valence-corrected chi connectivity index (χ1v) is 9.31. The predicted octanol–water partition coefficient (Wildman–Crippen LogP) is 2.15. The summed E-state index contributed by atoms with van der Waals surface area (Å²) >= 11 is 0. The molecule has 8 heteroatoms. The minimum absolute atomic E-state index is 0.155. The van der Waals surface area contributed by atoms with Gasteiger partial charge in [0.15, 0.2) is 0 Å². The van der Waals surface area contributed by atoms with Crippen LogP contribution < -0.4 is 0 Å². The summed E-state index contributed by atoms with van der Waals surface area (Å²) in [6.45, 7) is 2.11. The largest absolute Gasteiger partial charge is 0.465 e. The Balaban J connectivity index is 1.53. The number of piperidine rings is 2. The van der Waals surface area contributed by atoms with Crippen LogP contribution in [0.4, 0.5) is 4.79 Å². The molecule has 2 amide bonds. The van der Waals surface area contributed by atoms with E-state index in [1.54, 1.807) is 17.2 Å². The van der Waals surface area contributed by atoms with Crippen LogP contribution in [-0.2, 0) is 11.3 Å². The van der Waals surface area contributed by atoms with Crippen LogP contribution in [0.5, 0.6) is 0 Å². The van der Waals surface area contributed by atoms with E-state index in [4.69, 9.17) is 0 Å². The molecule has 1 aromatic heterocycles. The predicted molar refractivity (Wildman–Crippen MR) is 97.3 cm³/mol. The maximum atomic E-state index is 13.3. The Morgan fingerprint density at radius 2 is 1.78 bits per heavy atom. The molecule has 3 heterocycles. The number of amides is 2. The number of hydrogen-bond donors (Lipinski definition) is 1. The van der Waals surface area contributed by atoms with E-state index < -0.39 is 11.5 Å². The van der Waals surface area contributed by atoms with Crippen LogP contribution in [0.15, 0.2) is 36.7 Å². The number of benzene rings is 1. The fourth-order valence-corrected chi connectivity index (χ4v) is 4.28. The van der Waals surface area contributed by atoms with Crippen LogP contribution in [0, 0.1) is 5.41 Å². The molecule has 0 atom stereocenters. The van der Waals surface area contributed by atoms with Gasteiger partial charge in [-0.3, -0.25) is 4.79 Å². The molecule has 0 saturated carbocycles. The molecule has 0 radical (unpaired) electrons. The molecule has 1 aromatic carbocycles. The van der Waals surface area contributed by atoms with Gasteiger partial charge >= 0.3 is 6.09 Å². The van der Waals surface area contributed by atoms with E-state index in [-0.39, 0.29) is 5.91 Å². The fourth-order valence-electron chi connectivity index (χ4n) is 4.28. The molecule has 27 heavy (non-hydrogen) atoms. The lowest BCUT2D eigenvalue weighted by Crippen LogP contribution is -2.54. The first-order chi connectivity index (χ1) is 13.1. The molecule has 4 rings (SSSR count). The van der Waals surface area contributed by atoms with Crippen molar-refractivity contribution < 1.29 is 14.7 Å².